The number of carboxylic acids is 1. The van der Waals surface area contributed by atoms with Crippen LogP contribution in [-0.2, 0) is 11.2 Å². The Labute approximate surface area is 203 Å². The molecule has 35 heavy (non-hydrogen) atoms. The zero-order valence-corrected chi connectivity index (χ0v) is 20.1. The van der Waals surface area contributed by atoms with Crippen LogP contribution in [0, 0.1) is 5.82 Å². The largest absolute Gasteiger partial charge is 0.477 e. The minimum atomic E-state index is -1.39. The van der Waals surface area contributed by atoms with Crippen molar-refractivity contribution in [3.8, 4) is 0 Å². The molecule has 9 nitrogen and oxygen atoms in total. The van der Waals surface area contributed by atoms with E-state index in [1.807, 2.05) is 16.4 Å². The highest BCUT2D eigenvalue weighted by Crippen LogP contribution is 2.39. The Kier molecular flexibility index (Phi) is 7.46. The quantitative estimate of drug-likeness (QED) is 0.309. The number of aliphatic hydroxyl groups is 1. The molecule has 2 aliphatic heterocycles. The number of aryl methyl sites for hydroxylation is 1. The standard InChI is InChI=1S/C25H35FN4O5/c1-15-4-5-17-21-18(23(31)19(24(32)33)13-30(15)21)12-20(26)22(17)29-10-6-16(7-11-29)35-14-25(28,34)8-2-3-9-27/h12-13,15-16,34H,2-11,14,27-28H2,1H3,(H,32,33)/t15-,25-/m0/s1. The molecule has 2 atom stereocenters. The second-order valence-electron chi connectivity index (χ2n) is 9.90. The number of ether oxygens (including phenoxy) is 1. The summed E-state index contributed by atoms with van der Waals surface area (Å²) in [5.41, 5.74) is 10.9. The van der Waals surface area contributed by atoms with Gasteiger partial charge in [0.2, 0.25) is 5.43 Å². The molecule has 2 aliphatic rings. The highest BCUT2D eigenvalue weighted by atomic mass is 19.1. The Morgan fingerprint density at radius 1 is 1.29 bits per heavy atom. The summed E-state index contributed by atoms with van der Waals surface area (Å²) in [4.78, 5) is 26.4. The van der Waals surface area contributed by atoms with Crippen molar-refractivity contribution in [1.29, 1.82) is 0 Å². The Bertz CT molecular complexity index is 1160. The first-order valence-corrected chi connectivity index (χ1v) is 12.3. The number of aromatic nitrogens is 1. The summed E-state index contributed by atoms with van der Waals surface area (Å²) in [5.74, 6) is -1.82. The summed E-state index contributed by atoms with van der Waals surface area (Å²) in [7, 11) is 0. The maximum atomic E-state index is 15.4. The number of benzene rings is 1. The number of carboxylic acid groups (broad SMARTS) is 1. The van der Waals surface area contributed by atoms with Gasteiger partial charge >= 0.3 is 5.97 Å². The van der Waals surface area contributed by atoms with Crippen LogP contribution >= 0.6 is 0 Å². The number of aromatic carboxylic acids is 1. The lowest BCUT2D eigenvalue weighted by Crippen LogP contribution is -2.47. The lowest BCUT2D eigenvalue weighted by atomic mass is 9.93. The van der Waals surface area contributed by atoms with Gasteiger partial charge in [-0.3, -0.25) is 4.79 Å². The molecule has 1 saturated heterocycles. The van der Waals surface area contributed by atoms with Crippen LogP contribution in [0.2, 0.25) is 0 Å². The molecule has 0 unspecified atom stereocenters. The first kappa shape index (κ1) is 25.6. The third-order valence-electron chi connectivity index (χ3n) is 7.25. The molecular weight excluding hydrogens is 455 g/mol. The highest BCUT2D eigenvalue weighted by Gasteiger charge is 2.31. The molecule has 0 spiro atoms. The second kappa shape index (κ2) is 10.2. The van der Waals surface area contributed by atoms with Crippen molar-refractivity contribution >= 4 is 22.6 Å². The van der Waals surface area contributed by atoms with E-state index in [0.29, 0.717) is 56.5 Å². The Morgan fingerprint density at radius 3 is 2.66 bits per heavy atom. The number of pyridine rings is 1. The fourth-order valence-corrected chi connectivity index (χ4v) is 5.28. The number of piperidine rings is 1. The number of hydrogen-bond donors (Lipinski definition) is 4. The molecule has 0 aliphatic carbocycles. The van der Waals surface area contributed by atoms with Gasteiger partial charge in [-0.1, -0.05) is 0 Å². The van der Waals surface area contributed by atoms with Gasteiger partial charge in [-0.2, -0.15) is 0 Å². The Morgan fingerprint density at radius 2 is 2.00 bits per heavy atom. The van der Waals surface area contributed by atoms with Crippen molar-refractivity contribution in [3.63, 3.8) is 0 Å². The second-order valence-corrected chi connectivity index (χ2v) is 9.90. The Hall–Kier alpha value is -2.53. The third-order valence-corrected chi connectivity index (χ3v) is 7.25. The number of carbonyl (C=O) groups is 1. The molecule has 0 saturated carbocycles. The lowest BCUT2D eigenvalue weighted by Gasteiger charge is -2.37. The molecule has 0 amide bonds. The van der Waals surface area contributed by atoms with E-state index >= 15 is 4.39 Å². The van der Waals surface area contributed by atoms with Crippen LogP contribution < -0.4 is 21.8 Å². The van der Waals surface area contributed by atoms with Gasteiger partial charge < -0.3 is 35.9 Å². The molecule has 1 aromatic heterocycles. The van der Waals surface area contributed by atoms with Crippen LogP contribution in [0.25, 0.3) is 10.9 Å². The molecule has 1 aromatic carbocycles. The van der Waals surface area contributed by atoms with E-state index in [4.69, 9.17) is 16.2 Å². The fourth-order valence-electron chi connectivity index (χ4n) is 5.28. The molecule has 10 heteroatoms. The molecule has 6 N–H and O–H groups in total. The van der Waals surface area contributed by atoms with Gasteiger partial charge in [0.25, 0.3) is 0 Å². The molecule has 1 fully saturated rings. The summed E-state index contributed by atoms with van der Waals surface area (Å²) in [6, 6.07) is 1.19. The van der Waals surface area contributed by atoms with Crippen molar-refractivity contribution in [2.45, 2.75) is 69.7 Å². The van der Waals surface area contributed by atoms with Crippen LogP contribution in [0.3, 0.4) is 0 Å². The molecule has 0 bridgehead atoms. The minimum absolute atomic E-state index is 0.000936. The fraction of sp³-hybridized carbons (Fsp3) is 0.600. The molecular formula is C25H35FN4O5. The first-order chi connectivity index (χ1) is 16.6. The van der Waals surface area contributed by atoms with Crippen molar-refractivity contribution in [3.05, 3.63) is 39.4 Å². The van der Waals surface area contributed by atoms with E-state index in [2.05, 4.69) is 0 Å². The lowest BCUT2D eigenvalue weighted by molar-refractivity contribution is -0.0797. The van der Waals surface area contributed by atoms with E-state index in [1.165, 1.54) is 12.3 Å². The van der Waals surface area contributed by atoms with E-state index < -0.39 is 22.9 Å². The van der Waals surface area contributed by atoms with Crippen molar-refractivity contribution in [2.75, 3.05) is 31.1 Å². The van der Waals surface area contributed by atoms with Crippen LogP contribution in [0.15, 0.2) is 17.1 Å². The topological polar surface area (TPSA) is 144 Å². The maximum absolute atomic E-state index is 15.4. The number of nitrogens with zero attached hydrogens (tertiary/aromatic N) is 2. The monoisotopic (exact) mass is 490 g/mol. The summed E-state index contributed by atoms with van der Waals surface area (Å²) in [5, 5.41) is 19.9. The summed E-state index contributed by atoms with van der Waals surface area (Å²) in [6.07, 6.45) is 5.87. The Balaban J connectivity index is 1.54. The molecule has 3 heterocycles. The molecule has 4 rings (SSSR count). The summed E-state index contributed by atoms with van der Waals surface area (Å²) in [6.45, 7) is 3.68. The van der Waals surface area contributed by atoms with Gasteiger partial charge in [-0.25, -0.2) is 9.18 Å². The van der Waals surface area contributed by atoms with Gasteiger partial charge in [0, 0.05) is 36.3 Å². The van der Waals surface area contributed by atoms with Crippen molar-refractivity contribution in [1.82, 2.24) is 4.57 Å². The SMILES string of the molecule is C[C@H]1CCc2c(N3CCC(OC[C@@](N)(O)CCCCN)CC3)c(F)cc3c(=O)c(C(=O)O)cn1c23. The predicted octanol–water partition coefficient (Wildman–Crippen LogP) is 2.11. The number of rotatable bonds is 9. The minimum Gasteiger partial charge on any atom is -0.477 e. The highest BCUT2D eigenvalue weighted by molar-refractivity contribution is 5.95. The first-order valence-electron chi connectivity index (χ1n) is 12.3. The van der Waals surface area contributed by atoms with E-state index in [0.717, 1.165) is 24.8 Å². The smallest absolute Gasteiger partial charge is 0.341 e. The van der Waals surface area contributed by atoms with Gasteiger partial charge in [0.1, 0.15) is 17.1 Å². The molecule has 192 valence electrons. The van der Waals surface area contributed by atoms with Crippen LogP contribution in [0.5, 0.6) is 0 Å². The number of anilines is 1. The van der Waals surface area contributed by atoms with Crippen molar-refractivity contribution in [2.24, 2.45) is 11.5 Å². The van der Waals surface area contributed by atoms with Gasteiger partial charge in [-0.05, 0) is 64.5 Å². The number of halogens is 1. The van der Waals surface area contributed by atoms with E-state index in [9.17, 15) is 19.8 Å². The number of unbranched alkanes of at least 4 members (excludes halogenated alkanes) is 1. The molecule has 0 radical (unpaired) electrons. The van der Waals surface area contributed by atoms with E-state index in [1.54, 1.807) is 0 Å². The average Bonchev–Trinajstić information content (AvgIpc) is 2.81. The van der Waals surface area contributed by atoms with Gasteiger partial charge in [0.15, 0.2) is 0 Å². The van der Waals surface area contributed by atoms with Crippen LogP contribution in [-0.4, -0.2) is 58.8 Å². The normalized spacial score (nSPS) is 20.3. The van der Waals surface area contributed by atoms with Gasteiger partial charge in [0.05, 0.1) is 23.9 Å². The average molecular weight is 491 g/mol. The zero-order valence-electron chi connectivity index (χ0n) is 20.1. The van der Waals surface area contributed by atoms with Crippen LogP contribution in [0.4, 0.5) is 10.1 Å². The summed E-state index contributed by atoms with van der Waals surface area (Å²) >= 11 is 0. The number of hydrogen-bond acceptors (Lipinski definition) is 7. The van der Waals surface area contributed by atoms with Crippen LogP contribution in [0.1, 0.15) is 67.4 Å². The van der Waals surface area contributed by atoms with Gasteiger partial charge in [-0.15, -0.1) is 0 Å². The number of nitrogens with two attached hydrogens (primary N) is 2. The van der Waals surface area contributed by atoms with Crippen molar-refractivity contribution < 1.29 is 24.1 Å². The predicted molar refractivity (Wildman–Crippen MR) is 131 cm³/mol. The molecule has 2 aromatic rings. The summed E-state index contributed by atoms with van der Waals surface area (Å²) < 4.78 is 23.1. The zero-order chi connectivity index (χ0) is 25.3. The van der Waals surface area contributed by atoms with E-state index in [-0.39, 0.29) is 29.7 Å². The maximum Gasteiger partial charge on any atom is 0.341 e. The third kappa shape index (κ3) is 5.20.